The van der Waals surface area contributed by atoms with E-state index >= 15 is 0 Å². The molecule has 1 saturated heterocycles. The van der Waals surface area contributed by atoms with Crippen molar-refractivity contribution < 1.29 is 37.1 Å². The summed E-state index contributed by atoms with van der Waals surface area (Å²) in [6, 6.07) is 2.55. The second-order valence-corrected chi connectivity index (χ2v) is 19.0. The molecule has 2 saturated carbocycles. The highest BCUT2D eigenvalue weighted by Crippen LogP contribution is 2.45. The van der Waals surface area contributed by atoms with E-state index in [9.17, 15) is 32.4 Å². The van der Waals surface area contributed by atoms with Crippen molar-refractivity contribution in [3.63, 3.8) is 0 Å². The van der Waals surface area contributed by atoms with E-state index in [2.05, 4.69) is 37.6 Å². The first-order valence-electron chi connectivity index (χ1n) is 17.5. The SMILES string of the molecule is C=CC1C[C@]1(NC(=O)[C@@H]1C[C@@H](OC(=O)Nc2cc(C)ccc2-c2nccs2)CN1C(=O)[C@@H](NC(=O)NC(C)(C)C)C(C)(C)C)C(=O)NS(=O)(=O)C1CC1. The van der Waals surface area contributed by atoms with E-state index in [0.717, 1.165) is 5.56 Å². The first-order chi connectivity index (χ1) is 24.6. The molecule has 17 heteroatoms. The number of amides is 6. The second-order valence-electron chi connectivity index (χ2n) is 16.1. The van der Waals surface area contributed by atoms with E-state index in [1.165, 1.54) is 22.3 Å². The van der Waals surface area contributed by atoms with Crippen LogP contribution in [0.3, 0.4) is 0 Å². The minimum Gasteiger partial charge on any atom is -0.444 e. The lowest BCUT2D eigenvalue weighted by atomic mass is 9.85. The van der Waals surface area contributed by atoms with Gasteiger partial charge in [-0.3, -0.25) is 24.4 Å². The van der Waals surface area contributed by atoms with Crippen LogP contribution in [0.5, 0.6) is 0 Å². The third-order valence-corrected chi connectivity index (χ3v) is 11.9. The zero-order valence-electron chi connectivity index (χ0n) is 31.1. The lowest BCUT2D eigenvalue weighted by molar-refractivity contribution is -0.142. The number of sulfonamides is 1. The van der Waals surface area contributed by atoms with Crippen LogP contribution >= 0.6 is 11.3 Å². The maximum absolute atomic E-state index is 14.4. The molecule has 1 aliphatic heterocycles. The average molecular weight is 772 g/mol. The Bertz CT molecular complexity index is 1880. The zero-order valence-corrected chi connectivity index (χ0v) is 32.7. The minimum atomic E-state index is -3.92. The molecule has 3 fully saturated rings. The second kappa shape index (κ2) is 14.7. The number of rotatable bonds is 11. The Balaban J connectivity index is 1.40. The topological polar surface area (TPSA) is 205 Å². The molecule has 1 aromatic carbocycles. The summed E-state index contributed by atoms with van der Waals surface area (Å²) in [5.41, 5.74) is -1.01. The van der Waals surface area contributed by atoms with Gasteiger partial charge in [0.05, 0.1) is 17.5 Å². The molecule has 5 N–H and O–H groups in total. The summed E-state index contributed by atoms with van der Waals surface area (Å²) in [6.07, 6.45) is 2.17. The van der Waals surface area contributed by atoms with Gasteiger partial charge < -0.3 is 25.6 Å². The smallest absolute Gasteiger partial charge is 0.411 e. The summed E-state index contributed by atoms with van der Waals surface area (Å²) in [7, 11) is -3.92. The molecule has 2 aliphatic carbocycles. The number of carbonyl (C=O) groups excluding carboxylic acids is 5. The highest BCUT2D eigenvalue weighted by atomic mass is 32.2. The Morgan fingerprint density at radius 1 is 1.11 bits per heavy atom. The van der Waals surface area contributed by atoms with Gasteiger partial charge >= 0.3 is 12.1 Å². The van der Waals surface area contributed by atoms with Crippen LogP contribution in [-0.4, -0.2) is 89.2 Å². The van der Waals surface area contributed by atoms with Crippen LogP contribution in [0.1, 0.15) is 72.8 Å². The number of hydrogen-bond acceptors (Lipinski definition) is 10. The highest BCUT2D eigenvalue weighted by Gasteiger charge is 2.62. The molecule has 0 radical (unpaired) electrons. The fourth-order valence-electron chi connectivity index (χ4n) is 6.31. The van der Waals surface area contributed by atoms with Crippen LogP contribution in [-0.2, 0) is 29.1 Å². The van der Waals surface area contributed by atoms with Crippen LogP contribution < -0.4 is 26.0 Å². The molecule has 2 heterocycles. The highest BCUT2D eigenvalue weighted by molar-refractivity contribution is 7.91. The number of ether oxygens (including phenoxy) is 1. The van der Waals surface area contributed by atoms with Crippen molar-refractivity contribution in [2.75, 3.05) is 11.9 Å². The van der Waals surface area contributed by atoms with Gasteiger partial charge in [-0.2, -0.15) is 0 Å². The van der Waals surface area contributed by atoms with Crippen molar-refractivity contribution in [1.82, 2.24) is 30.6 Å². The van der Waals surface area contributed by atoms with Crippen LogP contribution in [0.15, 0.2) is 42.4 Å². The molecule has 6 amide bonds. The summed E-state index contributed by atoms with van der Waals surface area (Å²) in [4.78, 5) is 74.0. The lowest BCUT2D eigenvalue weighted by Gasteiger charge is -2.36. The van der Waals surface area contributed by atoms with Gasteiger partial charge in [0.25, 0.3) is 5.91 Å². The summed E-state index contributed by atoms with van der Waals surface area (Å²) in [5, 5.41) is 12.9. The quantitative estimate of drug-likeness (QED) is 0.211. The van der Waals surface area contributed by atoms with Gasteiger partial charge in [-0.05, 0) is 70.1 Å². The molecule has 288 valence electrons. The standard InChI is InChI=1S/C36H49N7O8S2/c1-9-21-18-36(21,31(46)42-53(49,50)23-11-12-23)40-28(44)26-17-22(19-43(26)30(45)27(34(3,4)5)39-32(47)41-35(6,7)8)51-33(48)38-25-16-20(2)10-13-24(25)29-37-14-15-52-29/h9-10,13-16,21-23,26-27H,1,11-12,17-19H2,2-8H3,(H,38,48)(H,40,44)(H,42,46)(H2,39,41,47)/t21?,22-,26+,27-,36-/m1/s1. The normalized spacial score (nSPS) is 23.3. The van der Waals surface area contributed by atoms with Gasteiger partial charge in [-0.25, -0.2) is 23.0 Å². The minimum absolute atomic E-state index is 0.105. The van der Waals surface area contributed by atoms with E-state index in [0.29, 0.717) is 29.1 Å². The van der Waals surface area contributed by atoms with Crippen molar-refractivity contribution in [2.24, 2.45) is 11.3 Å². The maximum Gasteiger partial charge on any atom is 0.411 e. The molecule has 1 aromatic heterocycles. The van der Waals surface area contributed by atoms with Crippen molar-refractivity contribution in [2.45, 2.75) is 109 Å². The first-order valence-corrected chi connectivity index (χ1v) is 19.9. The number of aryl methyl sites for hydroxylation is 1. The summed E-state index contributed by atoms with van der Waals surface area (Å²) in [5.74, 6) is -2.79. The number of urea groups is 1. The van der Waals surface area contributed by atoms with E-state index in [1.807, 2.05) is 24.4 Å². The van der Waals surface area contributed by atoms with Crippen LogP contribution in [0.2, 0.25) is 0 Å². The molecule has 53 heavy (non-hydrogen) atoms. The van der Waals surface area contributed by atoms with Crippen molar-refractivity contribution in [3.8, 4) is 10.6 Å². The number of carbonyl (C=O) groups is 5. The van der Waals surface area contributed by atoms with Crippen LogP contribution in [0.25, 0.3) is 10.6 Å². The van der Waals surface area contributed by atoms with Gasteiger partial charge in [0.1, 0.15) is 28.7 Å². The number of nitrogens with one attached hydrogen (secondary N) is 5. The lowest BCUT2D eigenvalue weighted by Crippen LogP contribution is -2.61. The number of hydrogen-bond donors (Lipinski definition) is 5. The largest absolute Gasteiger partial charge is 0.444 e. The number of thiazole rings is 1. The van der Waals surface area contributed by atoms with Crippen LogP contribution in [0.4, 0.5) is 15.3 Å². The fourth-order valence-corrected chi connectivity index (χ4v) is 8.35. The number of benzene rings is 1. The van der Waals surface area contributed by atoms with Gasteiger partial charge in [0.15, 0.2) is 0 Å². The predicted octanol–water partition coefficient (Wildman–Crippen LogP) is 3.82. The van der Waals surface area contributed by atoms with Crippen molar-refractivity contribution in [1.29, 1.82) is 0 Å². The molecule has 0 bridgehead atoms. The van der Waals surface area contributed by atoms with Gasteiger partial charge in [0, 0.05) is 35.0 Å². The molecule has 5 rings (SSSR count). The molecular weight excluding hydrogens is 723 g/mol. The first kappa shape index (κ1) is 39.7. The number of anilines is 1. The third kappa shape index (κ3) is 9.36. The molecule has 15 nitrogen and oxygen atoms in total. The molecular formula is C36H49N7O8S2. The fraction of sp³-hybridized carbons (Fsp3) is 0.556. The average Bonchev–Trinajstić information content (AvgIpc) is 3.91. The third-order valence-electron chi connectivity index (χ3n) is 9.32. The summed E-state index contributed by atoms with van der Waals surface area (Å²) in [6.45, 7) is 16.1. The molecule has 0 spiro atoms. The van der Waals surface area contributed by atoms with Gasteiger partial charge in [-0.15, -0.1) is 17.9 Å². The maximum atomic E-state index is 14.4. The Hall–Kier alpha value is -4.51. The van der Waals surface area contributed by atoms with Crippen LogP contribution in [0, 0.1) is 18.3 Å². The number of aromatic nitrogens is 1. The Morgan fingerprint density at radius 2 is 1.81 bits per heavy atom. The van der Waals surface area contributed by atoms with E-state index in [-0.39, 0.29) is 19.4 Å². The number of nitrogens with zero attached hydrogens (tertiary/aromatic N) is 2. The predicted molar refractivity (Wildman–Crippen MR) is 200 cm³/mol. The summed E-state index contributed by atoms with van der Waals surface area (Å²) >= 11 is 1.40. The molecule has 2 aromatic rings. The monoisotopic (exact) mass is 771 g/mol. The summed E-state index contributed by atoms with van der Waals surface area (Å²) < 4.78 is 33.3. The van der Waals surface area contributed by atoms with Crippen molar-refractivity contribution >= 4 is 56.9 Å². The molecule has 5 atom stereocenters. The Labute approximate surface area is 314 Å². The van der Waals surface area contributed by atoms with E-state index < -0.39 is 85.7 Å². The van der Waals surface area contributed by atoms with Crippen molar-refractivity contribution in [3.05, 3.63) is 48.0 Å². The van der Waals surface area contributed by atoms with E-state index in [4.69, 9.17) is 4.74 Å². The number of likely N-dealkylation sites (tertiary alicyclic amines) is 1. The van der Waals surface area contributed by atoms with Gasteiger partial charge in [-0.1, -0.05) is 32.9 Å². The zero-order chi connectivity index (χ0) is 39.1. The molecule has 3 aliphatic rings. The van der Waals surface area contributed by atoms with Gasteiger partial charge in [0.2, 0.25) is 21.8 Å². The Morgan fingerprint density at radius 3 is 2.38 bits per heavy atom. The van der Waals surface area contributed by atoms with E-state index in [1.54, 1.807) is 53.8 Å². The Kier molecular flexibility index (Phi) is 11.0. The molecule has 1 unspecified atom stereocenters.